The van der Waals surface area contributed by atoms with E-state index in [1.165, 1.54) is 0 Å². The lowest BCUT2D eigenvalue weighted by molar-refractivity contribution is -0.147. The summed E-state index contributed by atoms with van der Waals surface area (Å²) >= 11 is 0. The second kappa shape index (κ2) is 7.14. The van der Waals surface area contributed by atoms with Crippen molar-refractivity contribution in [1.29, 1.82) is 0 Å². The summed E-state index contributed by atoms with van der Waals surface area (Å²) in [6.45, 7) is 9.40. The van der Waals surface area contributed by atoms with Crippen LogP contribution in [0.3, 0.4) is 0 Å². The van der Waals surface area contributed by atoms with E-state index in [0.717, 1.165) is 0 Å². The van der Waals surface area contributed by atoms with E-state index in [4.69, 9.17) is 9.47 Å². The minimum Gasteiger partial charge on any atom is -0.463 e. The molecule has 0 aliphatic carbocycles. The molecule has 0 radical (unpaired) electrons. The van der Waals surface area contributed by atoms with Crippen molar-refractivity contribution in [3.05, 3.63) is 0 Å². The molecule has 0 fully saturated rings. The van der Waals surface area contributed by atoms with Crippen LogP contribution in [0.2, 0.25) is 0 Å². The molecule has 0 aromatic rings. The SMILES string of the molecule is CC(C)OC(=O)CCCNC(=O)OC(C)(C)C. The van der Waals surface area contributed by atoms with Crippen LogP contribution in [-0.4, -0.2) is 30.3 Å². The summed E-state index contributed by atoms with van der Waals surface area (Å²) in [5.74, 6) is -0.244. The highest BCUT2D eigenvalue weighted by Gasteiger charge is 2.15. The van der Waals surface area contributed by atoms with Crippen molar-refractivity contribution in [1.82, 2.24) is 5.32 Å². The van der Waals surface area contributed by atoms with Gasteiger partial charge in [0, 0.05) is 13.0 Å². The van der Waals surface area contributed by atoms with Gasteiger partial charge in [0.05, 0.1) is 6.10 Å². The molecule has 100 valence electrons. The smallest absolute Gasteiger partial charge is 0.407 e. The average molecular weight is 245 g/mol. The Bertz CT molecular complexity index is 256. The first-order valence-corrected chi connectivity index (χ1v) is 5.87. The summed E-state index contributed by atoms with van der Waals surface area (Å²) < 4.78 is 10.00. The number of hydrogen-bond acceptors (Lipinski definition) is 4. The van der Waals surface area contributed by atoms with E-state index in [1.807, 2.05) is 0 Å². The highest BCUT2D eigenvalue weighted by atomic mass is 16.6. The Balaban J connectivity index is 3.58. The zero-order valence-electron chi connectivity index (χ0n) is 11.3. The lowest BCUT2D eigenvalue weighted by atomic mass is 10.2. The number of nitrogens with one attached hydrogen (secondary N) is 1. The molecule has 0 atom stereocenters. The van der Waals surface area contributed by atoms with Crippen LogP contribution < -0.4 is 5.32 Å². The van der Waals surface area contributed by atoms with Gasteiger partial charge >= 0.3 is 12.1 Å². The third-order valence-electron chi connectivity index (χ3n) is 1.59. The van der Waals surface area contributed by atoms with Gasteiger partial charge in [-0.1, -0.05) is 0 Å². The van der Waals surface area contributed by atoms with Gasteiger partial charge in [0.2, 0.25) is 0 Å². The van der Waals surface area contributed by atoms with Crippen LogP contribution >= 0.6 is 0 Å². The molecule has 0 rings (SSSR count). The molecule has 0 bridgehead atoms. The van der Waals surface area contributed by atoms with Gasteiger partial charge in [-0.3, -0.25) is 4.79 Å². The van der Waals surface area contributed by atoms with Crippen molar-refractivity contribution in [2.75, 3.05) is 6.54 Å². The highest BCUT2D eigenvalue weighted by Crippen LogP contribution is 2.06. The van der Waals surface area contributed by atoms with Gasteiger partial charge in [-0.05, 0) is 41.0 Å². The number of esters is 1. The van der Waals surface area contributed by atoms with Gasteiger partial charge in [0.25, 0.3) is 0 Å². The van der Waals surface area contributed by atoms with Crippen LogP contribution in [0.15, 0.2) is 0 Å². The molecular weight excluding hydrogens is 222 g/mol. The molecule has 0 heterocycles. The molecule has 0 saturated carbocycles. The van der Waals surface area contributed by atoms with E-state index >= 15 is 0 Å². The molecule has 17 heavy (non-hydrogen) atoms. The largest absolute Gasteiger partial charge is 0.463 e. The van der Waals surface area contributed by atoms with Crippen molar-refractivity contribution >= 4 is 12.1 Å². The molecule has 1 amide bonds. The minimum absolute atomic E-state index is 0.0960. The fourth-order valence-corrected chi connectivity index (χ4v) is 1.06. The summed E-state index contributed by atoms with van der Waals surface area (Å²) in [7, 11) is 0. The van der Waals surface area contributed by atoms with E-state index in [-0.39, 0.29) is 12.1 Å². The van der Waals surface area contributed by atoms with E-state index in [0.29, 0.717) is 19.4 Å². The maximum atomic E-state index is 11.2. The Labute approximate surface area is 103 Å². The fourth-order valence-electron chi connectivity index (χ4n) is 1.06. The van der Waals surface area contributed by atoms with Gasteiger partial charge in [0.1, 0.15) is 5.60 Å². The average Bonchev–Trinajstić information content (AvgIpc) is 2.08. The number of alkyl carbamates (subject to hydrolysis) is 1. The molecule has 0 saturated heterocycles. The predicted molar refractivity (Wildman–Crippen MR) is 64.7 cm³/mol. The first kappa shape index (κ1) is 15.7. The Morgan fingerprint density at radius 3 is 2.29 bits per heavy atom. The summed E-state index contributed by atoms with van der Waals surface area (Å²) in [6.07, 6.45) is 0.287. The van der Waals surface area contributed by atoms with E-state index < -0.39 is 11.7 Å². The number of ether oxygens (including phenoxy) is 2. The molecule has 0 aromatic heterocycles. The first-order valence-electron chi connectivity index (χ1n) is 5.87. The number of carbonyl (C=O) groups excluding carboxylic acids is 2. The fraction of sp³-hybridized carbons (Fsp3) is 0.833. The molecule has 1 N–H and O–H groups in total. The normalized spacial score (nSPS) is 11.2. The van der Waals surface area contributed by atoms with Crippen molar-refractivity contribution < 1.29 is 19.1 Å². The number of carbonyl (C=O) groups is 2. The summed E-state index contributed by atoms with van der Waals surface area (Å²) in [6, 6.07) is 0. The van der Waals surface area contributed by atoms with Gasteiger partial charge in [-0.2, -0.15) is 0 Å². The van der Waals surface area contributed by atoms with Crippen LogP contribution in [0.1, 0.15) is 47.5 Å². The second-order valence-corrected chi connectivity index (χ2v) is 5.07. The monoisotopic (exact) mass is 245 g/mol. The van der Waals surface area contributed by atoms with E-state index in [9.17, 15) is 9.59 Å². The standard InChI is InChI=1S/C12H23NO4/c1-9(2)16-10(14)7-6-8-13-11(15)17-12(3,4)5/h9H,6-8H2,1-5H3,(H,13,15). The van der Waals surface area contributed by atoms with E-state index in [1.54, 1.807) is 34.6 Å². The van der Waals surface area contributed by atoms with Gasteiger partial charge in [-0.15, -0.1) is 0 Å². The Morgan fingerprint density at radius 2 is 1.82 bits per heavy atom. The van der Waals surface area contributed by atoms with Crippen molar-refractivity contribution in [2.24, 2.45) is 0 Å². The maximum absolute atomic E-state index is 11.2. The van der Waals surface area contributed by atoms with Crippen LogP contribution in [-0.2, 0) is 14.3 Å². The maximum Gasteiger partial charge on any atom is 0.407 e. The second-order valence-electron chi connectivity index (χ2n) is 5.07. The zero-order valence-corrected chi connectivity index (χ0v) is 11.3. The molecule has 0 aliphatic heterocycles. The zero-order chi connectivity index (χ0) is 13.5. The number of amides is 1. The Morgan fingerprint density at radius 1 is 1.24 bits per heavy atom. The van der Waals surface area contributed by atoms with Crippen molar-refractivity contribution in [3.63, 3.8) is 0 Å². The molecule has 0 spiro atoms. The Hall–Kier alpha value is -1.26. The quantitative estimate of drug-likeness (QED) is 0.596. The van der Waals surface area contributed by atoms with Crippen molar-refractivity contribution in [2.45, 2.75) is 59.2 Å². The van der Waals surface area contributed by atoms with Crippen LogP contribution in [0.4, 0.5) is 4.79 Å². The number of rotatable bonds is 5. The Kier molecular flexibility index (Phi) is 6.61. The van der Waals surface area contributed by atoms with Gasteiger partial charge in [-0.25, -0.2) is 4.79 Å². The molecule has 0 aliphatic rings. The van der Waals surface area contributed by atoms with Crippen LogP contribution in [0.25, 0.3) is 0 Å². The summed E-state index contributed by atoms with van der Waals surface area (Å²) in [4.78, 5) is 22.4. The summed E-state index contributed by atoms with van der Waals surface area (Å²) in [5, 5.41) is 2.58. The van der Waals surface area contributed by atoms with Crippen LogP contribution in [0, 0.1) is 0 Å². The van der Waals surface area contributed by atoms with E-state index in [2.05, 4.69) is 5.32 Å². The minimum atomic E-state index is -0.499. The lowest BCUT2D eigenvalue weighted by Crippen LogP contribution is -2.33. The molecular formula is C12H23NO4. The third-order valence-corrected chi connectivity index (χ3v) is 1.59. The first-order chi connectivity index (χ1) is 7.70. The van der Waals surface area contributed by atoms with Crippen LogP contribution in [0.5, 0.6) is 0 Å². The topological polar surface area (TPSA) is 64.6 Å². The highest BCUT2D eigenvalue weighted by molar-refractivity contribution is 5.70. The molecule has 5 heteroatoms. The number of hydrogen-bond donors (Lipinski definition) is 1. The lowest BCUT2D eigenvalue weighted by Gasteiger charge is -2.19. The van der Waals surface area contributed by atoms with Gasteiger partial charge in [0.15, 0.2) is 0 Å². The molecule has 5 nitrogen and oxygen atoms in total. The third kappa shape index (κ3) is 11.0. The van der Waals surface area contributed by atoms with Crippen molar-refractivity contribution in [3.8, 4) is 0 Å². The predicted octanol–water partition coefficient (Wildman–Crippen LogP) is 2.24. The molecule has 0 aromatic carbocycles. The van der Waals surface area contributed by atoms with Gasteiger partial charge < -0.3 is 14.8 Å². The summed E-state index contributed by atoms with van der Waals surface area (Å²) in [5.41, 5.74) is -0.499. The molecule has 0 unspecified atom stereocenters.